The average molecular weight is 243 g/mol. The van der Waals surface area contributed by atoms with Crippen LogP contribution in [-0.4, -0.2) is 17.6 Å². The van der Waals surface area contributed by atoms with Gasteiger partial charge >= 0.3 is 0 Å². The van der Waals surface area contributed by atoms with Crippen LogP contribution < -0.4 is 4.74 Å². The van der Waals surface area contributed by atoms with E-state index in [0.29, 0.717) is 18.2 Å². The van der Waals surface area contributed by atoms with Gasteiger partial charge in [-0.05, 0) is 56.4 Å². The summed E-state index contributed by atoms with van der Waals surface area (Å²) in [5, 5.41) is 9.75. The Bertz CT molecular complexity index is 361. The smallest absolute Gasteiger partial charge is 0.122 e. The molecule has 2 nitrogen and oxygen atoms in total. The van der Waals surface area contributed by atoms with E-state index in [1.54, 1.807) is 0 Å². The van der Waals surface area contributed by atoms with E-state index in [9.17, 15) is 5.11 Å². The fourth-order valence-electron chi connectivity index (χ4n) is 1.56. The number of hydrogen-bond donors (Lipinski definition) is 1. The first kappa shape index (κ1) is 13.2. The van der Waals surface area contributed by atoms with Gasteiger partial charge < -0.3 is 9.84 Å². The van der Waals surface area contributed by atoms with Crippen LogP contribution in [0.2, 0.25) is 0 Å². The molecule has 0 saturated carbocycles. The predicted molar refractivity (Wildman–Crippen MR) is 67.8 cm³/mol. The molecular formula is C13H19ClO2. The maximum absolute atomic E-state index is 9.75. The van der Waals surface area contributed by atoms with E-state index in [-0.39, 0.29) is 0 Å². The number of phenols is 1. The summed E-state index contributed by atoms with van der Waals surface area (Å²) in [7, 11) is 0. The molecule has 0 spiro atoms. The molecule has 0 radical (unpaired) electrons. The van der Waals surface area contributed by atoms with Crippen LogP contribution in [0.4, 0.5) is 0 Å². The average Bonchev–Trinajstić information content (AvgIpc) is 2.28. The van der Waals surface area contributed by atoms with E-state index in [0.717, 1.165) is 35.3 Å². The molecule has 3 heteroatoms. The Balaban J connectivity index is 2.73. The highest BCUT2D eigenvalue weighted by Crippen LogP contribution is 2.31. The van der Waals surface area contributed by atoms with E-state index >= 15 is 0 Å². The molecule has 0 aliphatic carbocycles. The van der Waals surface area contributed by atoms with Crippen molar-refractivity contribution in [3.8, 4) is 11.5 Å². The fourth-order valence-corrected chi connectivity index (χ4v) is 1.75. The van der Waals surface area contributed by atoms with E-state index in [1.165, 1.54) is 0 Å². The molecule has 16 heavy (non-hydrogen) atoms. The minimum atomic E-state index is 0.366. The molecule has 0 fully saturated rings. The van der Waals surface area contributed by atoms with Gasteiger partial charge in [-0.2, -0.15) is 0 Å². The quantitative estimate of drug-likeness (QED) is 0.630. The topological polar surface area (TPSA) is 29.5 Å². The van der Waals surface area contributed by atoms with Crippen LogP contribution in [0.3, 0.4) is 0 Å². The molecule has 1 aromatic carbocycles. The van der Waals surface area contributed by atoms with Crippen molar-refractivity contribution in [1.29, 1.82) is 0 Å². The van der Waals surface area contributed by atoms with Crippen molar-refractivity contribution in [3.05, 3.63) is 22.8 Å². The van der Waals surface area contributed by atoms with Gasteiger partial charge in [0.2, 0.25) is 0 Å². The normalized spacial score (nSPS) is 10.5. The molecule has 0 heterocycles. The second-order valence-corrected chi connectivity index (χ2v) is 4.41. The molecule has 0 amide bonds. The summed E-state index contributed by atoms with van der Waals surface area (Å²) in [5.41, 5.74) is 2.76. The number of hydrogen-bond acceptors (Lipinski definition) is 2. The third kappa shape index (κ3) is 3.05. The lowest BCUT2D eigenvalue weighted by molar-refractivity contribution is 0.306. The Kier molecular flexibility index (Phi) is 4.94. The molecule has 1 aromatic rings. The van der Waals surface area contributed by atoms with Crippen molar-refractivity contribution >= 4 is 11.6 Å². The largest absolute Gasteiger partial charge is 0.507 e. The minimum absolute atomic E-state index is 0.366. The summed E-state index contributed by atoms with van der Waals surface area (Å²) in [6.45, 7) is 6.43. The van der Waals surface area contributed by atoms with Crippen molar-refractivity contribution < 1.29 is 9.84 Å². The van der Waals surface area contributed by atoms with Crippen LogP contribution in [0.15, 0.2) is 6.07 Å². The number of unbranched alkanes of at least 4 members (excludes halogenated alkanes) is 1. The van der Waals surface area contributed by atoms with E-state index in [4.69, 9.17) is 16.3 Å². The van der Waals surface area contributed by atoms with Gasteiger partial charge in [-0.15, -0.1) is 11.6 Å². The van der Waals surface area contributed by atoms with Gasteiger partial charge in [-0.3, -0.25) is 0 Å². The number of ether oxygens (including phenoxy) is 1. The molecule has 0 bridgehead atoms. The summed E-state index contributed by atoms with van der Waals surface area (Å²) >= 11 is 5.60. The minimum Gasteiger partial charge on any atom is -0.507 e. The fraction of sp³-hybridized carbons (Fsp3) is 0.538. The van der Waals surface area contributed by atoms with E-state index < -0.39 is 0 Å². The van der Waals surface area contributed by atoms with Crippen molar-refractivity contribution in [3.63, 3.8) is 0 Å². The SMILES string of the molecule is Cc1cc(OCCCCCl)c(C)c(C)c1O. The summed E-state index contributed by atoms with van der Waals surface area (Å²) in [6, 6.07) is 1.89. The zero-order chi connectivity index (χ0) is 12.1. The molecule has 0 aliphatic heterocycles. The Morgan fingerprint density at radius 3 is 2.50 bits per heavy atom. The lowest BCUT2D eigenvalue weighted by Gasteiger charge is -2.14. The first-order valence-corrected chi connectivity index (χ1v) is 6.10. The monoisotopic (exact) mass is 242 g/mol. The van der Waals surface area contributed by atoms with Crippen LogP contribution in [0.25, 0.3) is 0 Å². The summed E-state index contributed by atoms with van der Waals surface area (Å²) < 4.78 is 5.69. The van der Waals surface area contributed by atoms with E-state index in [2.05, 4.69) is 0 Å². The Labute approximate surface area is 102 Å². The van der Waals surface area contributed by atoms with Gasteiger partial charge in [0.15, 0.2) is 0 Å². The van der Waals surface area contributed by atoms with Gasteiger partial charge in [0, 0.05) is 5.88 Å². The molecule has 0 saturated heterocycles. The van der Waals surface area contributed by atoms with Crippen molar-refractivity contribution in [2.45, 2.75) is 33.6 Å². The van der Waals surface area contributed by atoms with Gasteiger partial charge in [0.1, 0.15) is 11.5 Å². The molecule has 1 N–H and O–H groups in total. The predicted octanol–water partition coefficient (Wildman–Crippen LogP) is 3.72. The first-order valence-electron chi connectivity index (χ1n) is 5.56. The zero-order valence-electron chi connectivity index (χ0n) is 10.1. The highest BCUT2D eigenvalue weighted by atomic mass is 35.5. The molecule has 0 aromatic heterocycles. The van der Waals surface area contributed by atoms with Gasteiger partial charge in [-0.25, -0.2) is 0 Å². The summed E-state index contributed by atoms with van der Waals surface area (Å²) in [4.78, 5) is 0. The lowest BCUT2D eigenvalue weighted by Crippen LogP contribution is -2.01. The van der Waals surface area contributed by atoms with Crippen LogP contribution in [0, 0.1) is 20.8 Å². The van der Waals surface area contributed by atoms with Crippen LogP contribution in [0.5, 0.6) is 11.5 Å². The number of halogens is 1. The third-order valence-corrected chi connectivity index (χ3v) is 3.06. The maximum Gasteiger partial charge on any atom is 0.122 e. The van der Waals surface area contributed by atoms with Gasteiger partial charge in [0.05, 0.1) is 6.61 Å². The Hall–Kier alpha value is -0.890. The third-order valence-electron chi connectivity index (χ3n) is 2.79. The van der Waals surface area contributed by atoms with Gasteiger partial charge in [0.25, 0.3) is 0 Å². The number of alkyl halides is 1. The molecule has 1 rings (SSSR count). The standard InChI is InChI=1S/C13H19ClO2/c1-9-8-12(16-7-5-4-6-14)10(2)11(3)13(9)15/h8,15H,4-7H2,1-3H3. The van der Waals surface area contributed by atoms with Crippen LogP contribution in [0.1, 0.15) is 29.5 Å². The molecule has 90 valence electrons. The summed E-state index contributed by atoms with van der Waals surface area (Å²) in [6.07, 6.45) is 1.93. The number of phenolic OH excluding ortho intramolecular Hbond substituents is 1. The van der Waals surface area contributed by atoms with Gasteiger partial charge in [-0.1, -0.05) is 0 Å². The highest BCUT2D eigenvalue weighted by molar-refractivity contribution is 6.17. The number of aryl methyl sites for hydroxylation is 1. The van der Waals surface area contributed by atoms with Crippen LogP contribution in [-0.2, 0) is 0 Å². The lowest BCUT2D eigenvalue weighted by atomic mass is 10.0. The van der Waals surface area contributed by atoms with Crippen LogP contribution >= 0.6 is 11.6 Å². The number of rotatable bonds is 5. The maximum atomic E-state index is 9.75. The zero-order valence-corrected chi connectivity index (χ0v) is 10.9. The molecule has 0 aliphatic rings. The van der Waals surface area contributed by atoms with Crippen molar-refractivity contribution in [1.82, 2.24) is 0 Å². The highest BCUT2D eigenvalue weighted by Gasteiger charge is 2.09. The second-order valence-electron chi connectivity index (χ2n) is 4.03. The van der Waals surface area contributed by atoms with Crippen molar-refractivity contribution in [2.75, 3.05) is 12.5 Å². The second kappa shape index (κ2) is 6.00. The Morgan fingerprint density at radius 1 is 1.19 bits per heavy atom. The number of benzene rings is 1. The molecule has 0 unspecified atom stereocenters. The first-order chi connectivity index (χ1) is 7.57. The molecular weight excluding hydrogens is 224 g/mol. The summed E-state index contributed by atoms with van der Waals surface area (Å²) in [5.74, 6) is 1.91. The Morgan fingerprint density at radius 2 is 1.88 bits per heavy atom. The van der Waals surface area contributed by atoms with Crippen molar-refractivity contribution in [2.24, 2.45) is 0 Å². The van der Waals surface area contributed by atoms with E-state index in [1.807, 2.05) is 26.8 Å². The molecule has 0 atom stereocenters. The number of aromatic hydroxyl groups is 1.